The van der Waals surface area contributed by atoms with Crippen LogP contribution in [0.5, 0.6) is 0 Å². The van der Waals surface area contributed by atoms with Gasteiger partial charge in [0.25, 0.3) is 0 Å². The van der Waals surface area contributed by atoms with Crippen LogP contribution in [0.2, 0.25) is 0 Å². The molecule has 1 rings (SSSR count). The predicted molar refractivity (Wildman–Crippen MR) is 62.7 cm³/mol. The molecule has 0 fully saturated rings. The molecule has 78 valence electrons. The molecule has 0 aliphatic carbocycles. The van der Waals surface area contributed by atoms with Gasteiger partial charge in [0.1, 0.15) is 0 Å². The monoisotopic (exact) mass is 211 g/mol. The fourth-order valence-electron chi connectivity index (χ4n) is 1.37. The van der Waals surface area contributed by atoms with Crippen LogP contribution in [0.3, 0.4) is 0 Å². The van der Waals surface area contributed by atoms with Gasteiger partial charge >= 0.3 is 0 Å². The number of alkyl halides is 1. The average Bonchev–Trinajstić information content (AvgIpc) is 2.16. The molecule has 0 saturated heterocycles. The van der Waals surface area contributed by atoms with Crippen molar-refractivity contribution in [1.29, 1.82) is 0 Å². The van der Waals surface area contributed by atoms with Gasteiger partial charge in [0, 0.05) is 11.9 Å². The van der Waals surface area contributed by atoms with Gasteiger partial charge in [0.2, 0.25) is 0 Å². The Balaban J connectivity index is 2.30. The van der Waals surface area contributed by atoms with Gasteiger partial charge in [-0.2, -0.15) is 0 Å². The molecular weight excluding hydrogens is 194 g/mol. The van der Waals surface area contributed by atoms with Gasteiger partial charge in [-0.05, 0) is 32.5 Å². The maximum atomic E-state index is 5.90. The lowest BCUT2D eigenvalue weighted by atomic mass is 10.2. The highest BCUT2D eigenvalue weighted by Gasteiger charge is 2.01. The fraction of sp³-hybridized carbons (Fsp3) is 0.500. The molecule has 1 nitrogen and oxygen atoms in total. The molecule has 0 amide bonds. The molecule has 0 N–H and O–H groups in total. The lowest BCUT2D eigenvalue weighted by Gasteiger charge is -2.17. The van der Waals surface area contributed by atoms with Crippen LogP contribution in [0.4, 0.5) is 0 Å². The minimum Gasteiger partial charge on any atom is -0.302 e. The Bertz CT molecular complexity index is 246. The quantitative estimate of drug-likeness (QED) is 0.677. The summed E-state index contributed by atoms with van der Waals surface area (Å²) in [5.41, 5.74) is 1.36. The second-order valence-electron chi connectivity index (χ2n) is 3.79. The summed E-state index contributed by atoms with van der Waals surface area (Å²) < 4.78 is 0. The Hall–Kier alpha value is -0.530. The van der Waals surface area contributed by atoms with Crippen molar-refractivity contribution in [3.63, 3.8) is 0 Å². The molecule has 0 aromatic heterocycles. The molecular formula is C12H18ClN. The second kappa shape index (κ2) is 6.05. The van der Waals surface area contributed by atoms with E-state index in [2.05, 4.69) is 36.2 Å². The SMILES string of the molecule is C[C@@H](Cl)CCN(C)Cc1ccccc1. The largest absolute Gasteiger partial charge is 0.302 e. The third-order valence-electron chi connectivity index (χ3n) is 2.20. The van der Waals surface area contributed by atoms with Crippen LogP contribution < -0.4 is 0 Å². The van der Waals surface area contributed by atoms with Gasteiger partial charge in [-0.1, -0.05) is 30.3 Å². The fourth-order valence-corrected chi connectivity index (χ4v) is 1.47. The maximum absolute atomic E-state index is 5.90. The molecule has 0 heterocycles. The molecule has 0 aliphatic rings. The van der Waals surface area contributed by atoms with E-state index in [0.29, 0.717) is 0 Å². The molecule has 1 aromatic carbocycles. The summed E-state index contributed by atoms with van der Waals surface area (Å²) in [5, 5.41) is 0.272. The van der Waals surface area contributed by atoms with Gasteiger partial charge in [-0.15, -0.1) is 11.6 Å². The predicted octanol–water partition coefficient (Wildman–Crippen LogP) is 3.14. The van der Waals surface area contributed by atoms with E-state index < -0.39 is 0 Å². The Morgan fingerprint density at radius 2 is 1.93 bits per heavy atom. The highest BCUT2D eigenvalue weighted by molar-refractivity contribution is 6.20. The Kier molecular flexibility index (Phi) is 4.99. The molecule has 0 spiro atoms. The average molecular weight is 212 g/mol. The molecule has 0 unspecified atom stereocenters. The topological polar surface area (TPSA) is 3.24 Å². The molecule has 1 atom stereocenters. The van der Waals surface area contributed by atoms with Gasteiger partial charge in [-0.3, -0.25) is 0 Å². The second-order valence-corrected chi connectivity index (χ2v) is 4.54. The summed E-state index contributed by atoms with van der Waals surface area (Å²) in [4.78, 5) is 2.30. The Morgan fingerprint density at radius 3 is 2.50 bits per heavy atom. The zero-order chi connectivity index (χ0) is 10.4. The van der Waals surface area contributed by atoms with Crippen molar-refractivity contribution < 1.29 is 0 Å². The third-order valence-corrected chi connectivity index (χ3v) is 2.42. The van der Waals surface area contributed by atoms with Crippen LogP contribution in [0, 0.1) is 0 Å². The first-order valence-corrected chi connectivity index (χ1v) is 5.48. The van der Waals surface area contributed by atoms with Gasteiger partial charge in [0.15, 0.2) is 0 Å². The van der Waals surface area contributed by atoms with E-state index in [4.69, 9.17) is 11.6 Å². The number of hydrogen-bond acceptors (Lipinski definition) is 1. The van der Waals surface area contributed by atoms with Crippen LogP contribution >= 0.6 is 11.6 Å². The molecule has 0 aliphatic heterocycles. The lowest BCUT2D eigenvalue weighted by Crippen LogP contribution is -2.20. The highest BCUT2D eigenvalue weighted by Crippen LogP contribution is 2.05. The zero-order valence-electron chi connectivity index (χ0n) is 8.91. The van der Waals surface area contributed by atoms with Crippen LogP contribution in [0.1, 0.15) is 18.9 Å². The maximum Gasteiger partial charge on any atom is 0.0320 e. The van der Waals surface area contributed by atoms with Crippen LogP contribution in [-0.2, 0) is 6.54 Å². The van der Waals surface area contributed by atoms with Crippen LogP contribution in [0.25, 0.3) is 0 Å². The summed E-state index contributed by atoms with van der Waals surface area (Å²) >= 11 is 5.90. The zero-order valence-corrected chi connectivity index (χ0v) is 9.67. The molecule has 0 radical (unpaired) electrons. The first kappa shape index (κ1) is 11.5. The van der Waals surface area contributed by atoms with E-state index in [1.54, 1.807) is 0 Å². The van der Waals surface area contributed by atoms with Gasteiger partial charge in [0.05, 0.1) is 0 Å². The van der Waals surface area contributed by atoms with E-state index in [0.717, 1.165) is 19.5 Å². The molecule has 14 heavy (non-hydrogen) atoms. The smallest absolute Gasteiger partial charge is 0.0320 e. The van der Waals surface area contributed by atoms with E-state index >= 15 is 0 Å². The Morgan fingerprint density at radius 1 is 1.29 bits per heavy atom. The summed E-state index contributed by atoms with van der Waals surface area (Å²) in [6.07, 6.45) is 1.05. The Labute approximate surface area is 91.7 Å². The van der Waals surface area contributed by atoms with Crippen molar-refractivity contribution in [2.75, 3.05) is 13.6 Å². The first-order chi connectivity index (χ1) is 6.68. The molecule has 2 heteroatoms. The third kappa shape index (κ3) is 4.64. The standard InChI is InChI=1S/C12H18ClN/c1-11(13)8-9-14(2)10-12-6-4-3-5-7-12/h3-7,11H,8-10H2,1-2H3/t11-/m1/s1. The van der Waals surface area contributed by atoms with E-state index in [-0.39, 0.29) is 5.38 Å². The molecule has 0 bridgehead atoms. The molecule has 0 saturated carbocycles. The van der Waals surface area contributed by atoms with Gasteiger partial charge < -0.3 is 4.90 Å². The first-order valence-electron chi connectivity index (χ1n) is 5.05. The van der Waals surface area contributed by atoms with Crippen molar-refractivity contribution in [2.45, 2.75) is 25.3 Å². The van der Waals surface area contributed by atoms with Crippen LogP contribution in [0.15, 0.2) is 30.3 Å². The summed E-state index contributed by atoms with van der Waals surface area (Å²) in [5.74, 6) is 0. The highest BCUT2D eigenvalue weighted by atomic mass is 35.5. The number of benzene rings is 1. The molecule has 1 aromatic rings. The summed E-state index contributed by atoms with van der Waals surface area (Å²) in [6.45, 7) is 4.10. The van der Waals surface area contributed by atoms with E-state index in [9.17, 15) is 0 Å². The van der Waals surface area contributed by atoms with Crippen molar-refractivity contribution in [3.8, 4) is 0 Å². The van der Waals surface area contributed by atoms with Crippen molar-refractivity contribution in [2.24, 2.45) is 0 Å². The van der Waals surface area contributed by atoms with E-state index in [1.807, 2.05) is 13.0 Å². The number of nitrogens with zero attached hydrogens (tertiary/aromatic N) is 1. The number of halogens is 1. The van der Waals surface area contributed by atoms with Crippen molar-refractivity contribution in [3.05, 3.63) is 35.9 Å². The lowest BCUT2D eigenvalue weighted by molar-refractivity contribution is 0.322. The van der Waals surface area contributed by atoms with E-state index in [1.165, 1.54) is 5.56 Å². The number of hydrogen-bond donors (Lipinski definition) is 0. The van der Waals surface area contributed by atoms with Crippen molar-refractivity contribution >= 4 is 11.6 Å². The summed E-state index contributed by atoms with van der Waals surface area (Å²) in [6, 6.07) is 10.5. The number of rotatable bonds is 5. The summed E-state index contributed by atoms with van der Waals surface area (Å²) in [7, 11) is 2.13. The van der Waals surface area contributed by atoms with Crippen LogP contribution in [-0.4, -0.2) is 23.9 Å². The normalized spacial score (nSPS) is 13.1. The minimum absolute atomic E-state index is 0.272. The van der Waals surface area contributed by atoms with Gasteiger partial charge in [-0.25, -0.2) is 0 Å². The minimum atomic E-state index is 0.272. The van der Waals surface area contributed by atoms with Crippen molar-refractivity contribution in [1.82, 2.24) is 4.90 Å².